The number of imidazole rings is 1. The monoisotopic (exact) mass is 391 g/mol. The summed E-state index contributed by atoms with van der Waals surface area (Å²) >= 11 is 0. The molecule has 1 atom stereocenters. The first-order chi connectivity index (χ1) is 13.7. The van der Waals surface area contributed by atoms with Gasteiger partial charge in [0.2, 0.25) is 5.95 Å². The molecule has 1 saturated heterocycles. The van der Waals surface area contributed by atoms with E-state index in [4.69, 9.17) is 15.2 Å². The summed E-state index contributed by atoms with van der Waals surface area (Å²) in [6, 6.07) is 0.515. The first-order valence-electron chi connectivity index (χ1n) is 10.4. The first kappa shape index (κ1) is 20.6. The lowest BCUT2D eigenvalue weighted by molar-refractivity contribution is 0.104. The maximum absolute atomic E-state index is 6.11. The van der Waals surface area contributed by atoms with Crippen LogP contribution in [0.25, 0.3) is 11.2 Å². The van der Waals surface area contributed by atoms with E-state index in [1.54, 1.807) is 7.11 Å². The van der Waals surface area contributed by atoms with E-state index < -0.39 is 0 Å². The zero-order chi connectivity index (χ0) is 19.8. The smallest absolute Gasteiger partial charge is 0.298 e. The molecular formula is C19H33N7O2. The number of hydrogen-bond acceptors (Lipinski definition) is 8. The normalized spacial score (nSPS) is 16.7. The minimum atomic E-state index is 0.371. The zero-order valence-corrected chi connectivity index (χ0v) is 17.0. The van der Waals surface area contributed by atoms with Crippen molar-refractivity contribution in [1.82, 2.24) is 24.8 Å². The molecule has 0 aliphatic carbocycles. The summed E-state index contributed by atoms with van der Waals surface area (Å²) in [5.41, 5.74) is 7.40. The Labute approximate surface area is 166 Å². The Morgan fingerprint density at radius 2 is 2.11 bits per heavy atom. The van der Waals surface area contributed by atoms with Gasteiger partial charge in [0.05, 0.1) is 13.2 Å². The Balaban J connectivity index is 1.58. The van der Waals surface area contributed by atoms with E-state index in [2.05, 4.69) is 32.5 Å². The highest BCUT2D eigenvalue weighted by molar-refractivity contribution is 5.84. The number of methoxy groups -OCH3 is 1. The van der Waals surface area contributed by atoms with Crippen LogP contribution in [-0.2, 0) is 11.3 Å². The molecule has 4 N–H and O–H groups in total. The number of aromatic nitrogens is 4. The van der Waals surface area contributed by atoms with Crippen LogP contribution in [0.1, 0.15) is 45.4 Å². The lowest BCUT2D eigenvalue weighted by atomic mass is 10.2. The van der Waals surface area contributed by atoms with Gasteiger partial charge in [0.25, 0.3) is 6.01 Å². The number of fused-ring (bicyclic) bond motifs is 1. The molecule has 0 spiro atoms. The van der Waals surface area contributed by atoms with Crippen molar-refractivity contribution in [1.29, 1.82) is 0 Å². The number of ether oxygens (including phenoxy) is 2. The molecule has 0 aromatic carbocycles. The van der Waals surface area contributed by atoms with Crippen molar-refractivity contribution in [3.63, 3.8) is 0 Å². The van der Waals surface area contributed by atoms with Gasteiger partial charge in [0.15, 0.2) is 17.0 Å². The number of nitrogens with two attached hydrogens (primary N) is 1. The van der Waals surface area contributed by atoms with Crippen molar-refractivity contribution < 1.29 is 9.47 Å². The third-order valence-electron chi connectivity index (χ3n) is 4.98. The number of nitrogens with zero attached hydrogens (tertiary/aromatic N) is 4. The molecule has 0 radical (unpaired) electrons. The molecule has 156 valence electrons. The summed E-state index contributed by atoms with van der Waals surface area (Å²) < 4.78 is 13.1. The predicted molar refractivity (Wildman–Crippen MR) is 111 cm³/mol. The van der Waals surface area contributed by atoms with Crippen LogP contribution in [-0.4, -0.2) is 59.0 Å². The highest BCUT2D eigenvalue weighted by atomic mass is 16.5. The molecule has 1 aliphatic rings. The average Bonchev–Trinajstić information content (AvgIpc) is 3.33. The SMILES string of the molecule is CCCCNc1nc(N)c2nc(OC)n(CCCNCCC3CCCO3)c2n1. The number of unbranched alkanes of at least 4 members (excludes halogenated alkanes) is 1. The van der Waals surface area contributed by atoms with Gasteiger partial charge in [-0.3, -0.25) is 4.57 Å². The highest BCUT2D eigenvalue weighted by Gasteiger charge is 2.17. The zero-order valence-electron chi connectivity index (χ0n) is 17.0. The molecule has 0 amide bonds. The standard InChI is InChI=1S/C19H33N7O2/c1-3-4-10-22-18-24-16(20)15-17(25-18)26(19(23-15)27-2)12-6-9-21-11-8-14-7-5-13-28-14/h14,21H,3-13H2,1-2H3,(H3,20,22,24,25). The number of anilines is 2. The molecular weight excluding hydrogens is 358 g/mol. The molecule has 3 rings (SSSR count). The average molecular weight is 392 g/mol. The number of aryl methyl sites for hydroxylation is 1. The van der Waals surface area contributed by atoms with Crippen LogP contribution in [0.15, 0.2) is 0 Å². The second-order valence-electron chi connectivity index (χ2n) is 7.16. The fourth-order valence-corrected chi connectivity index (χ4v) is 3.44. The van der Waals surface area contributed by atoms with E-state index in [-0.39, 0.29) is 0 Å². The Kier molecular flexibility index (Phi) is 7.67. The van der Waals surface area contributed by atoms with E-state index in [0.717, 1.165) is 58.5 Å². The van der Waals surface area contributed by atoms with Gasteiger partial charge >= 0.3 is 0 Å². The fraction of sp³-hybridized carbons (Fsp3) is 0.737. The van der Waals surface area contributed by atoms with Crippen LogP contribution >= 0.6 is 0 Å². The van der Waals surface area contributed by atoms with E-state index in [1.165, 1.54) is 12.8 Å². The first-order valence-corrected chi connectivity index (χ1v) is 10.4. The van der Waals surface area contributed by atoms with Gasteiger partial charge in [-0.25, -0.2) is 0 Å². The summed E-state index contributed by atoms with van der Waals surface area (Å²) in [5.74, 6) is 0.910. The second-order valence-corrected chi connectivity index (χ2v) is 7.16. The quantitative estimate of drug-likeness (QED) is 0.472. The van der Waals surface area contributed by atoms with Crippen LogP contribution in [0.2, 0.25) is 0 Å². The largest absolute Gasteiger partial charge is 0.468 e. The third kappa shape index (κ3) is 5.23. The van der Waals surface area contributed by atoms with Crippen molar-refractivity contribution in [3.8, 4) is 6.01 Å². The summed E-state index contributed by atoms with van der Waals surface area (Å²) in [6.07, 6.45) is 7.00. The molecule has 1 fully saturated rings. The number of rotatable bonds is 12. The Hall–Kier alpha value is -2.13. The molecule has 2 aromatic rings. The van der Waals surface area contributed by atoms with Gasteiger partial charge in [0, 0.05) is 19.7 Å². The van der Waals surface area contributed by atoms with Crippen molar-refractivity contribution in [2.24, 2.45) is 0 Å². The summed E-state index contributed by atoms with van der Waals surface area (Å²) in [5, 5.41) is 6.73. The molecule has 1 aliphatic heterocycles. The molecule has 9 nitrogen and oxygen atoms in total. The van der Waals surface area contributed by atoms with Crippen LogP contribution in [0.4, 0.5) is 11.8 Å². The second kappa shape index (κ2) is 10.4. The van der Waals surface area contributed by atoms with Crippen LogP contribution in [0.5, 0.6) is 6.01 Å². The van der Waals surface area contributed by atoms with Crippen LogP contribution < -0.4 is 21.1 Å². The number of nitrogens with one attached hydrogen (secondary N) is 2. The van der Waals surface area contributed by atoms with E-state index in [1.807, 2.05) is 4.57 Å². The van der Waals surface area contributed by atoms with Gasteiger partial charge in [-0.15, -0.1) is 0 Å². The Morgan fingerprint density at radius 3 is 2.86 bits per heavy atom. The van der Waals surface area contributed by atoms with Crippen molar-refractivity contribution in [2.75, 3.05) is 44.4 Å². The lowest BCUT2D eigenvalue weighted by Gasteiger charge is -2.11. The van der Waals surface area contributed by atoms with Gasteiger partial charge in [-0.1, -0.05) is 13.3 Å². The maximum Gasteiger partial charge on any atom is 0.298 e. The van der Waals surface area contributed by atoms with Crippen LogP contribution in [0.3, 0.4) is 0 Å². The minimum absolute atomic E-state index is 0.371. The summed E-state index contributed by atoms with van der Waals surface area (Å²) in [7, 11) is 1.61. The number of nitrogen functional groups attached to an aromatic ring is 1. The Bertz CT molecular complexity index is 743. The van der Waals surface area contributed by atoms with Gasteiger partial charge in [0.1, 0.15) is 0 Å². The topological polar surface area (TPSA) is 112 Å². The van der Waals surface area contributed by atoms with Gasteiger partial charge in [-0.05, 0) is 45.2 Å². The van der Waals surface area contributed by atoms with E-state index in [9.17, 15) is 0 Å². The van der Waals surface area contributed by atoms with E-state index >= 15 is 0 Å². The molecule has 0 bridgehead atoms. The molecule has 28 heavy (non-hydrogen) atoms. The summed E-state index contributed by atoms with van der Waals surface area (Å²) in [4.78, 5) is 13.4. The third-order valence-corrected chi connectivity index (χ3v) is 4.98. The minimum Gasteiger partial charge on any atom is -0.468 e. The van der Waals surface area contributed by atoms with Crippen LogP contribution in [0, 0.1) is 0 Å². The molecule has 9 heteroatoms. The van der Waals surface area contributed by atoms with Crippen molar-refractivity contribution in [2.45, 2.75) is 58.1 Å². The van der Waals surface area contributed by atoms with Crippen molar-refractivity contribution >= 4 is 22.9 Å². The molecule has 0 saturated carbocycles. The Morgan fingerprint density at radius 1 is 1.21 bits per heavy atom. The lowest BCUT2D eigenvalue weighted by Crippen LogP contribution is -2.22. The highest BCUT2D eigenvalue weighted by Crippen LogP contribution is 2.25. The predicted octanol–water partition coefficient (Wildman–Crippen LogP) is 2.18. The van der Waals surface area contributed by atoms with Crippen molar-refractivity contribution in [3.05, 3.63) is 0 Å². The fourth-order valence-electron chi connectivity index (χ4n) is 3.44. The molecule has 1 unspecified atom stereocenters. The van der Waals surface area contributed by atoms with Gasteiger partial charge in [-0.2, -0.15) is 15.0 Å². The maximum atomic E-state index is 6.11. The van der Waals surface area contributed by atoms with Gasteiger partial charge < -0.3 is 25.8 Å². The summed E-state index contributed by atoms with van der Waals surface area (Å²) in [6.45, 7) is 6.52. The number of hydrogen-bond donors (Lipinski definition) is 3. The van der Waals surface area contributed by atoms with E-state index in [0.29, 0.717) is 35.0 Å². The molecule has 2 aromatic heterocycles. The molecule has 3 heterocycles.